The summed E-state index contributed by atoms with van der Waals surface area (Å²) in [6, 6.07) is 5.69. The molecule has 1 fully saturated rings. The van der Waals surface area contributed by atoms with Gasteiger partial charge in [-0.1, -0.05) is 12.1 Å². The smallest absolute Gasteiger partial charge is 0.471 e. The van der Waals surface area contributed by atoms with Crippen LogP contribution in [0.15, 0.2) is 18.2 Å². The van der Waals surface area contributed by atoms with Crippen molar-refractivity contribution >= 4 is 11.9 Å². The van der Waals surface area contributed by atoms with Gasteiger partial charge < -0.3 is 14.4 Å². The van der Waals surface area contributed by atoms with Gasteiger partial charge in [0.1, 0.15) is 12.4 Å². The zero-order chi connectivity index (χ0) is 20.0. The van der Waals surface area contributed by atoms with Crippen LogP contribution >= 0.6 is 0 Å². The minimum absolute atomic E-state index is 0.00202. The SMILES string of the molecule is Cc1ccc(C)c(OCC(=O)OCCN2CCN(C(=O)C(F)(F)F)CC2)c1. The molecular formula is C18H23F3N2O4. The van der Waals surface area contributed by atoms with E-state index in [1.54, 1.807) is 0 Å². The summed E-state index contributed by atoms with van der Waals surface area (Å²) in [6.07, 6.45) is -4.84. The number of hydrogen-bond acceptors (Lipinski definition) is 5. The number of halogens is 3. The second kappa shape index (κ2) is 9.07. The molecular weight excluding hydrogens is 365 g/mol. The molecule has 0 unspecified atom stereocenters. The van der Waals surface area contributed by atoms with Crippen molar-refractivity contribution in [3.8, 4) is 5.75 Å². The Morgan fingerprint density at radius 1 is 1.11 bits per heavy atom. The Hall–Kier alpha value is -2.29. The summed E-state index contributed by atoms with van der Waals surface area (Å²) in [4.78, 5) is 25.6. The minimum atomic E-state index is -4.84. The number of nitrogens with zero attached hydrogens (tertiary/aromatic N) is 2. The van der Waals surface area contributed by atoms with Crippen molar-refractivity contribution in [3.63, 3.8) is 0 Å². The minimum Gasteiger partial charge on any atom is -0.482 e. The normalized spacial score (nSPS) is 15.5. The maximum absolute atomic E-state index is 12.4. The maximum Gasteiger partial charge on any atom is 0.471 e. The van der Waals surface area contributed by atoms with Crippen LogP contribution in [-0.4, -0.2) is 73.8 Å². The third-order valence-corrected chi connectivity index (χ3v) is 4.26. The van der Waals surface area contributed by atoms with Crippen molar-refractivity contribution in [2.75, 3.05) is 45.9 Å². The van der Waals surface area contributed by atoms with E-state index in [1.807, 2.05) is 36.9 Å². The van der Waals surface area contributed by atoms with Gasteiger partial charge in [0, 0.05) is 32.7 Å². The second-order valence-electron chi connectivity index (χ2n) is 6.41. The Labute approximate surface area is 155 Å². The predicted octanol–water partition coefficient (Wildman–Crippen LogP) is 1.93. The molecule has 1 aliphatic heterocycles. The van der Waals surface area contributed by atoms with E-state index >= 15 is 0 Å². The fourth-order valence-corrected chi connectivity index (χ4v) is 2.68. The molecule has 150 valence electrons. The number of rotatable bonds is 6. The highest BCUT2D eigenvalue weighted by molar-refractivity contribution is 5.81. The average Bonchev–Trinajstić information content (AvgIpc) is 2.61. The fourth-order valence-electron chi connectivity index (χ4n) is 2.68. The Kier molecular flexibility index (Phi) is 7.06. The number of carbonyl (C=O) groups is 2. The van der Waals surface area contributed by atoms with Crippen LogP contribution in [0.1, 0.15) is 11.1 Å². The molecule has 0 N–H and O–H groups in total. The van der Waals surface area contributed by atoms with E-state index in [2.05, 4.69) is 0 Å². The summed E-state index contributed by atoms with van der Waals surface area (Å²) in [7, 11) is 0. The number of alkyl halides is 3. The van der Waals surface area contributed by atoms with Gasteiger partial charge in [0.2, 0.25) is 0 Å². The van der Waals surface area contributed by atoms with Gasteiger partial charge in [0.05, 0.1) is 0 Å². The number of piperazine rings is 1. The Balaban J connectivity index is 1.65. The van der Waals surface area contributed by atoms with E-state index in [0.29, 0.717) is 25.4 Å². The first-order valence-corrected chi connectivity index (χ1v) is 8.61. The lowest BCUT2D eigenvalue weighted by Gasteiger charge is -2.34. The lowest BCUT2D eigenvalue weighted by Crippen LogP contribution is -2.52. The molecule has 0 saturated carbocycles. The lowest BCUT2D eigenvalue weighted by molar-refractivity contribution is -0.187. The number of ether oxygens (including phenoxy) is 2. The molecule has 27 heavy (non-hydrogen) atoms. The summed E-state index contributed by atoms with van der Waals surface area (Å²) in [5, 5.41) is 0. The van der Waals surface area contributed by atoms with Gasteiger partial charge in [-0.2, -0.15) is 13.2 Å². The first-order valence-electron chi connectivity index (χ1n) is 8.61. The Morgan fingerprint density at radius 3 is 2.41 bits per heavy atom. The fraction of sp³-hybridized carbons (Fsp3) is 0.556. The highest BCUT2D eigenvalue weighted by Gasteiger charge is 2.43. The molecule has 6 nitrogen and oxygen atoms in total. The van der Waals surface area contributed by atoms with E-state index in [4.69, 9.17) is 9.47 Å². The van der Waals surface area contributed by atoms with Crippen molar-refractivity contribution in [2.45, 2.75) is 20.0 Å². The van der Waals surface area contributed by atoms with E-state index in [0.717, 1.165) is 16.0 Å². The highest BCUT2D eigenvalue weighted by Crippen LogP contribution is 2.20. The third kappa shape index (κ3) is 6.42. The molecule has 1 heterocycles. The molecule has 0 aromatic heterocycles. The lowest BCUT2D eigenvalue weighted by atomic mass is 10.1. The van der Waals surface area contributed by atoms with Gasteiger partial charge in [-0.25, -0.2) is 4.79 Å². The highest BCUT2D eigenvalue weighted by atomic mass is 19.4. The number of hydrogen-bond donors (Lipinski definition) is 0. The first-order chi connectivity index (χ1) is 12.7. The molecule has 1 saturated heterocycles. The zero-order valence-corrected chi connectivity index (χ0v) is 15.3. The molecule has 1 aromatic carbocycles. The summed E-state index contributed by atoms with van der Waals surface area (Å²) >= 11 is 0. The Morgan fingerprint density at radius 2 is 1.78 bits per heavy atom. The maximum atomic E-state index is 12.4. The van der Waals surface area contributed by atoms with Gasteiger partial charge in [0.15, 0.2) is 6.61 Å². The third-order valence-electron chi connectivity index (χ3n) is 4.26. The van der Waals surface area contributed by atoms with Crippen LogP contribution in [0.4, 0.5) is 13.2 Å². The molecule has 0 bridgehead atoms. The van der Waals surface area contributed by atoms with Crippen LogP contribution in [0.25, 0.3) is 0 Å². The molecule has 0 spiro atoms. The van der Waals surface area contributed by atoms with Gasteiger partial charge in [0.25, 0.3) is 0 Å². The van der Waals surface area contributed by atoms with Crippen LogP contribution in [0.3, 0.4) is 0 Å². The van der Waals surface area contributed by atoms with Gasteiger partial charge in [-0.05, 0) is 31.0 Å². The molecule has 0 atom stereocenters. The van der Waals surface area contributed by atoms with Crippen LogP contribution < -0.4 is 4.74 Å². The van der Waals surface area contributed by atoms with Crippen LogP contribution in [0.2, 0.25) is 0 Å². The predicted molar refractivity (Wildman–Crippen MR) is 91.4 cm³/mol. The van der Waals surface area contributed by atoms with Gasteiger partial charge in [-0.3, -0.25) is 9.69 Å². The first kappa shape index (κ1) is 21.0. The average molecular weight is 388 g/mol. The topological polar surface area (TPSA) is 59.1 Å². The molecule has 1 aromatic rings. The van der Waals surface area contributed by atoms with Crippen molar-refractivity contribution in [3.05, 3.63) is 29.3 Å². The number of carbonyl (C=O) groups excluding carboxylic acids is 2. The molecule has 0 radical (unpaired) electrons. The zero-order valence-electron chi connectivity index (χ0n) is 15.3. The van der Waals surface area contributed by atoms with E-state index in [-0.39, 0.29) is 26.3 Å². The molecule has 9 heteroatoms. The number of amides is 1. The monoisotopic (exact) mass is 388 g/mol. The Bertz CT molecular complexity index is 671. The van der Waals surface area contributed by atoms with Gasteiger partial charge in [-0.15, -0.1) is 0 Å². The van der Waals surface area contributed by atoms with Gasteiger partial charge >= 0.3 is 18.1 Å². The number of esters is 1. The molecule has 1 aliphatic rings. The molecule has 2 rings (SSSR count). The standard InChI is InChI=1S/C18H23F3N2O4/c1-13-3-4-14(2)15(11-13)27-12-16(24)26-10-9-22-5-7-23(8-6-22)17(25)18(19,20)21/h3-4,11H,5-10,12H2,1-2H3. The van der Waals surface area contributed by atoms with Crippen LogP contribution in [0, 0.1) is 13.8 Å². The summed E-state index contributed by atoms with van der Waals surface area (Å²) < 4.78 is 47.7. The van der Waals surface area contributed by atoms with E-state index in [1.165, 1.54) is 0 Å². The van der Waals surface area contributed by atoms with E-state index in [9.17, 15) is 22.8 Å². The molecule has 0 aliphatic carbocycles. The quantitative estimate of drug-likeness (QED) is 0.697. The second-order valence-corrected chi connectivity index (χ2v) is 6.41. The van der Waals surface area contributed by atoms with Crippen molar-refractivity contribution in [1.82, 2.24) is 9.80 Å². The van der Waals surface area contributed by atoms with Crippen LogP contribution in [0.5, 0.6) is 5.75 Å². The largest absolute Gasteiger partial charge is 0.482 e. The van der Waals surface area contributed by atoms with Crippen LogP contribution in [-0.2, 0) is 14.3 Å². The van der Waals surface area contributed by atoms with Crippen molar-refractivity contribution in [2.24, 2.45) is 0 Å². The number of aryl methyl sites for hydroxylation is 2. The van der Waals surface area contributed by atoms with Crippen molar-refractivity contribution in [1.29, 1.82) is 0 Å². The van der Waals surface area contributed by atoms with Crippen molar-refractivity contribution < 1.29 is 32.2 Å². The molecule has 1 amide bonds. The summed E-state index contributed by atoms with van der Waals surface area (Å²) in [6.45, 7) is 4.71. The summed E-state index contributed by atoms with van der Waals surface area (Å²) in [5.41, 5.74) is 1.94. The number of benzene rings is 1. The van der Waals surface area contributed by atoms with E-state index < -0.39 is 18.1 Å². The summed E-state index contributed by atoms with van der Waals surface area (Å²) in [5.74, 6) is -1.70.